The Kier molecular flexibility index (Phi) is 7.56. The summed E-state index contributed by atoms with van der Waals surface area (Å²) in [6, 6.07) is 0.167. The van der Waals surface area contributed by atoms with Crippen LogP contribution in [0.25, 0.3) is 0 Å². The molecule has 0 saturated heterocycles. The summed E-state index contributed by atoms with van der Waals surface area (Å²) in [7, 11) is 0. The molecule has 0 spiro atoms. The SMILES string of the molecule is CC(C)Cc1nnc(NC(=O)CC2CCCCC2N)s1.Cl. The summed E-state index contributed by atoms with van der Waals surface area (Å²) in [5, 5.41) is 12.6. The van der Waals surface area contributed by atoms with Gasteiger partial charge in [-0.1, -0.05) is 38.0 Å². The van der Waals surface area contributed by atoms with Gasteiger partial charge in [0.2, 0.25) is 11.0 Å². The van der Waals surface area contributed by atoms with Gasteiger partial charge in [0, 0.05) is 18.9 Å². The molecule has 3 N–H and O–H groups in total. The molecule has 1 amide bonds. The van der Waals surface area contributed by atoms with Crippen molar-refractivity contribution in [3.05, 3.63) is 5.01 Å². The van der Waals surface area contributed by atoms with Crippen molar-refractivity contribution < 1.29 is 4.79 Å². The average molecular weight is 333 g/mol. The number of anilines is 1. The van der Waals surface area contributed by atoms with Gasteiger partial charge in [-0.25, -0.2) is 0 Å². The van der Waals surface area contributed by atoms with Crippen LogP contribution in [0.3, 0.4) is 0 Å². The number of nitrogens with two attached hydrogens (primary N) is 1. The van der Waals surface area contributed by atoms with Gasteiger partial charge in [0.05, 0.1) is 0 Å². The second-order valence-electron chi connectivity index (χ2n) is 6.06. The molecule has 21 heavy (non-hydrogen) atoms. The molecule has 1 saturated carbocycles. The van der Waals surface area contributed by atoms with Crippen LogP contribution in [0.2, 0.25) is 0 Å². The number of rotatable bonds is 5. The van der Waals surface area contributed by atoms with Crippen molar-refractivity contribution >= 4 is 34.8 Å². The van der Waals surface area contributed by atoms with Crippen LogP contribution < -0.4 is 11.1 Å². The van der Waals surface area contributed by atoms with Crippen LogP contribution >= 0.6 is 23.7 Å². The van der Waals surface area contributed by atoms with Crippen molar-refractivity contribution in [2.24, 2.45) is 17.6 Å². The van der Waals surface area contributed by atoms with E-state index in [4.69, 9.17) is 5.73 Å². The van der Waals surface area contributed by atoms with Crippen LogP contribution in [-0.2, 0) is 11.2 Å². The summed E-state index contributed by atoms with van der Waals surface area (Å²) in [5.74, 6) is 0.873. The van der Waals surface area contributed by atoms with Crippen LogP contribution in [0, 0.1) is 11.8 Å². The Hall–Kier alpha value is -0.720. The normalized spacial score (nSPS) is 21.9. The fraction of sp³-hybridized carbons (Fsp3) is 0.786. The van der Waals surface area contributed by atoms with Gasteiger partial charge in [0.15, 0.2) is 0 Å². The topological polar surface area (TPSA) is 80.9 Å². The second-order valence-corrected chi connectivity index (χ2v) is 7.12. The minimum Gasteiger partial charge on any atom is -0.327 e. The largest absolute Gasteiger partial charge is 0.327 e. The molecule has 2 unspecified atom stereocenters. The molecule has 0 radical (unpaired) electrons. The van der Waals surface area contributed by atoms with Crippen molar-refractivity contribution in [2.45, 2.75) is 58.4 Å². The van der Waals surface area contributed by atoms with Crippen LogP contribution in [-0.4, -0.2) is 22.1 Å². The maximum absolute atomic E-state index is 12.0. The number of nitrogens with zero attached hydrogens (tertiary/aromatic N) is 2. The number of halogens is 1. The van der Waals surface area contributed by atoms with E-state index in [1.807, 2.05) is 0 Å². The maximum atomic E-state index is 12.0. The Balaban J connectivity index is 0.00000220. The molecular formula is C14H25ClN4OS. The third-order valence-electron chi connectivity index (χ3n) is 3.71. The highest BCUT2D eigenvalue weighted by Gasteiger charge is 2.24. The Morgan fingerprint density at radius 3 is 2.76 bits per heavy atom. The average Bonchev–Trinajstić information content (AvgIpc) is 2.78. The minimum absolute atomic E-state index is 0. The highest BCUT2D eigenvalue weighted by atomic mass is 35.5. The van der Waals surface area contributed by atoms with Crippen LogP contribution in [0.5, 0.6) is 0 Å². The fourth-order valence-electron chi connectivity index (χ4n) is 2.63. The molecule has 120 valence electrons. The zero-order valence-electron chi connectivity index (χ0n) is 12.7. The monoisotopic (exact) mass is 332 g/mol. The lowest BCUT2D eigenvalue weighted by Crippen LogP contribution is -2.35. The first kappa shape index (κ1) is 18.3. The molecule has 5 nitrogen and oxygen atoms in total. The van der Waals surface area contributed by atoms with Gasteiger partial charge >= 0.3 is 0 Å². The first-order valence-electron chi connectivity index (χ1n) is 7.42. The van der Waals surface area contributed by atoms with Gasteiger partial charge in [0.25, 0.3) is 0 Å². The lowest BCUT2D eigenvalue weighted by Gasteiger charge is -2.27. The first-order chi connectivity index (χ1) is 9.54. The highest BCUT2D eigenvalue weighted by Crippen LogP contribution is 2.26. The fourth-order valence-corrected chi connectivity index (χ4v) is 3.60. The molecule has 0 aliphatic heterocycles. The Morgan fingerprint density at radius 1 is 1.38 bits per heavy atom. The quantitative estimate of drug-likeness (QED) is 0.868. The van der Waals surface area contributed by atoms with Crippen LogP contribution in [0.4, 0.5) is 5.13 Å². The standard InChI is InChI=1S/C14H24N4OS.ClH/c1-9(2)7-13-17-18-14(20-13)16-12(19)8-10-5-3-4-6-11(10)15;/h9-11H,3-8,15H2,1-2H3,(H,16,18,19);1H. The van der Waals surface area contributed by atoms with E-state index in [2.05, 4.69) is 29.4 Å². The van der Waals surface area contributed by atoms with Crippen molar-refractivity contribution in [3.8, 4) is 0 Å². The minimum atomic E-state index is 0. The molecule has 1 aromatic rings. The summed E-state index contributed by atoms with van der Waals surface area (Å²) in [6.07, 6.45) is 5.87. The van der Waals surface area contributed by atoms with Crippen molar-refractivity contribution in [2.75, 3.05) is 5.32 Å². The Bertz CT molecular complexity index is 452. The number of carbonyl (C=O) groups excluding carboxylic acids is 1. The molecule has 2 rings (SSSR count). The molecule has 1 fully saturated rings. The van der Waals surface area contributed by atoms with Crippen LogP contribution in [0.15, 0.2) is 0 Å². The van der Waals surface area contributed by atoms with Gasteiger partial charge in [-0.05, 0) is 24.7 Å². The van der Waals surface area contributed by atoms with Crippen LogP contribution in [0.1, 0.15) is 51.0 Å². The van der Waals surface area contributed by atoms with E-state index >= 15 is 0 Å². The summed E-state index contributed by atoms with van der Waals surface area (Å²) >= 11 is 1.47. The van der Waals surface area contributed by atoms with Gasteiger partial charge in [-0.2, -0.15) is 0 Å². The smallest absolute Gasteiger partial charge is 0.226 e. The predicted molar refractivity (Wildman–Crippen MR) is 88.9 cm³/mol. The van der Waals surface area contributed by atoms with E-state index in [1.165, 1.54) is 24.2 Å². The predicted octanol–water partition coefficient (Wildman–Crippen LogP) is 3.00. The van der Waals surface area contributed by atoms with E-state index in [-0.39, 0.29) is 24.4 Å². The molecule has 7 heteroatoms. The lowest BCUT2D eigenvalue weighted by molar-refractivity contribution is -0.117. The highest BCUT2D eigenvalue weighted by molar-refractivity contribution is 7.15. The summed E-state index contributed by atoms with van der Waals surface area (Å²) in [4.78, 5) is 12.0. The summed E-state index contributed by atoms with van der Waals surface area (Å²) in [5.41, 5.74) is 6.07. The van der Waals surface area contributed by atoms with E-state index in [0.29, 0.717) is 23.4 Å². The summed E-state index contributed by atoms with van der Waals surface area (Å²) < 4.78 is 0. The number of amides is 1. The summed E-state index contributed by atoms with van der Waals surface area (Å²) in [6.45, 7) is 4.29. The molecule has 1 aromatic heterocycles. The molecule has 0 bridgehead atoms. The van der Waals surface area contributed by atoms with E-state index in [1.54, 1.807) is 0 Å². The zero-order valence-corrected chi connectivity index (χ0v) is 14.3. The maximum Gasteiger partial charge on any atom is 0.226 e. The lowest BCUT2D eigenvalue weighted by atomic mass is 9.83. The molecule has 1 aliphatic rings. The third kappa shape index (κ3) is 5.88. The zero-order chi connectivity index (χ0) is 14.5. The number of aromatic nitrogens is 2. The Labute approximate surface area is 136 Å². The first-order valence-corrected chi connectivity index (χ1v) is 8.24. The van der Waals surface area contributed by atoms with Crippen molar-refractivity contribution in [3.63, 3.8) is 0 Å². The van der Waals surface area contributed by atoms with Crippen molar-refractivity contribution in [1.82, 2.24) is 10.2 Å². The van der Waals surface area contributed by atoms with E-state index in [9.17, 15) is 4.79 Å². The number of nitrogens with one attached hydrogen (secondary N) is 1. The van der Waals surface area contributed by atoms with Gasteiger partial charge < -0.3 is 11.1 Å². The van der Waals surface area contributed by atoms with E-state index in [0.717, 1.165) is 24.3 Å². The number of hydrogen-bond acceptors (Lipinski definition) is 5. The Morgan fingerprint density at radius 2 is 2.10 bits per heavy atom. The molecule has 1 heterocycles. The van der Waals surface area contributed by atoms with Crippen molar-refractivity contribution in [1.29, 1.82) is 0 Å². The molecular weight excluding hydrogens is 308 g/mol. The van der Waals surface area contributed by atoms with Gasteiger partial charge in [-0.15, -0.1) is 22.6 Å². The molecule has 2 atom stereocenters. The molecule has 0 aromatic carbocycles. The van der Waals surface area contributed by atoms with E-state index < -0.39 is 0 Å². The van der Waals surface area contributed by atoms with Gasteiger partial charge in [0.1, 0.15) is 5.01 Å². The third-order valence-corrected chi connectivity index (χ3v) is 4.57. The second kappa shape index (κ2) is 8.66. The number of hydrogen-bond donors (Lipinski definition) is 2. The van der Waals surface area contributed by atoms with Gasteiger partial charge in [-0.3, -0.25) is 4.79 Å². The molecule has 1 aliphatic carbocycles. The number of carbonyl (C=O) groups is 1.